The van der Waals surface area contributed by atoms with Crippen molar-refractivity contribution in [2.24, 2.45) is 0 Å². The van der Waals surface area contributed by atoms with Gasteiger partial charge in [0.1, 0.15) is 5.75 Å². The first-order valence-corrected chi connectivity index (χ1v) is 5.96. The minimum Gasteiger partial charge on any atom is -0.495 e. The molecule has 6 heteroatoms. The zero-order valence-electron chi connectivity index (χ0n) is 11.3. The summed E-state index contributed by atoms with van der Waals surface area (Å²) in [6.45, 7) is 1.78. The minimum atomic E-state index is -0.484. The largest absolute Gasteiger partial charge is 0.495 e. The van der Waals surface area contributed by atoms with Gasteiger partial charge in [0.25, 0.3) is 0 Å². The lowest BCUT2D eigenvalue weighted by atomic mass is 10.2. The maximum atomic E-state index is 11.9. The predicted molar refractivity (Wildman–Crippen MR) is 73.2 cm³/mol. The molecular formula is C13H19N3O3. The van der Waals surface area contributed by atoms with Crippen LogP contribution in [-0.2, 0) is 9.59 Å². The van der Waals surface area contributed by atoms with Gasteiger partial charge in [-0.05, 0) is 19.1 Å². The van der Waals surface area contributed by atoms with Crippen molar-refractivity contribution in [2.75, 3.05) is 26.0 Å². The molecular weight excluding hydrogens is 246 g/mol. The first-order valence-electron chi connectivity index (χ1n) is 5.96. The molecule has 0 aliphatic heterocycles. The number of carbonyl (C=O) groups is 2. The molecule has 2 amide bonds. The van der Waals surface area contributed by atoms with E-state index in [9.17, 15) is 9.59 Å². The van der Waals surface area contributed by atoms with E-state index in [0.29, 0.717) is 11.4 Å². The van der Waals surface area contributed by atoms with Gasteiger partial charge >= 0.3 is 0 Å². The Morgan fingerprint density at radius 2 is 2.00 bits per heavy atom. The Kier molecular flexibility index (Phi) is 5.81. The number of ether oxygens (including phenoxy) is 1. The highest BCUT2D eigenvalue weighted by Gasteiger charge is 2.14. The average molecular weight is 265 g/mol. The highest BCUT2D eigenvalue weighted by Crippen LogP contribution is 2.22. The monoisotopic (exact) mass is 265 g/mol. The van der Waals surface area contributed by atoms with Crippen molar-refractivity contribution < 1.29 is 14.3 Å². The third kappa shape index (κ3) is 4.59. The van der Waals surface area contributed by atoms with Gasteiger partial charge in [0.15, 0.2) is 0 Å². The van der Waals surface area contributed by atoms with E-state index >= 15 is 0 Å². The lowest BCUT2D eigenvalue weighted by molar-refractivity contribution is -0.120. The molecule has 1 aromatic carbocycles. The molecule has 0 heterocycles. The van der Waals surface area contributed by atoms with Gasteiger partial charge in [-0.3, -0.25) is 14.9 Å². The maximum Gasteiger partial charge on any atom is 0.241 e. The van der Waals surface area contributed by atoms with E-state index in [1.807, 2.05) is 6.07 Å². The molecule has 0 unspecified atom stereocenters. The van der Waals surface area contributed by atoms with Gasteiger partial charge in [0.2, 0.25) is 11.8 Å². The molecule has 0 fully saturated rings. The van der Waals surface area contributed by atoms with Crippen LogP contribution in [0.5, 0.6) is 5.75 Å². The van der Waals surface area contributed by atoms with Crippen molar-refractivity contribution in [3.05, 3.63) is 24.3 Å². The van der Waals surface area contributed by atoms with Crippen molar-refractivity contribution in [1.82, 2.24) is 10.6 Å². The number of carbonyl (C=O) groups excluding carboxylic acids is 2. The van der Waals surface area contributed by atoms with Crippen molar-refractivity contribution in [2.45, 2.75) is 13.0 Å². The van der Waals surface area contributed by atoms with Crippen molar-refractivity contribution in [3.63, 3.8) is 0 Å². The maximum absolute atomic E-state index is 11.9. The second kappa shape index (κ2) is 7.38. The Morgan fingerprint density at radius 3 is 2.63 bits per heavy atom. The molecule has 1 atom stereocenters. The molecule has 0 spiro atoms. The van der Waals surface area contributed by atoms with Gasteiger partial charge in [-0.1, -0.05) is 12.1 Å². The van der Waals surface area contributed by atoms with Crippen LogP contribution in [0.15, 0.2) is 24.3 Å². The van der Waals surface area contributed by atoms with E-state index in [2.05, 4.69) is 16.0 Å². The third-order valence-corrected chi connectivity index (χ3v) is 2.61. The number of amides is 2. The van der Waals surface area contributed by atoms with Gasteiger partial charge in [0.05, 0.1) is 25.4 Å². The van der Waals surface area contributed by atoms with Crippen LogP contribution in [0.2, 0.25) is 0 Å². The number of anilines is 1. The van der Waals surface area contributed by atoms with Crippen LogP contribution in [-0.4, -0.2) is 38.6 Å². The van der Waals surface area contributed by atoms with E-state index in [0.717, 1.165) is 0 Å². The lowest BCUT2D eigenvalue weighted by Gasteiger charge is -2.15. The number of nitrogens with one attached hydrogen (secondary N) is 3. The van der Waals surface area contributed by atoms with E-state index < -0.39 is 6.04 Å². The Morgan fingerprint density at radius 1 is 1.32 bits per heavy atom. The molecule has 0 saturated carbocycles. The third-order valence-electron chi connectivity index (χ3n) is 2.61. The molecule has 0 aromatic heterocycles. The number of rotatable bonds is 6. The fourth-order valence-electron chi connectivity index (χ4n) is 1.42. The summed E-state index contributed by atoms with van der Waals surface area (Å²) in [4.78, 5) is 23.0. The van der Waals surface area contributed by atoms with Crippen LogP contribution in [0, 0.1) is 0 Å². The number of para-hydroxylation sites is 2. The number of likely N-dealkylation sites (N-methyl/N-ethyl adjacent to an activating group) is 1. The standard InChI is InChI=1S/C13H19N3O3/c1-9(15-8-12(17)14-2)13(18)16-10-6-4-5-7-11(10)19-3/h4-7,9,15H,8H2,1-3H3,(H,14,17)(H,16,18)/t9-/m0/s1. The van der Waals surface area contributed by atoms with E-state index in [-0.39, 0.29) is 18.4 Å². The Hall–Kier alpha value is -2.08. The Labute approximate surface area is 112 Å². The predicted octanol–water partition coefficient (Wildman–Crippen LogP) is 0.358. The molecule has 19 heavy (non-hydrogen) atoms. The lowest BCUT2D eigenvalue weighted by Crippen LogP contribution is -2.42. The van der Waals surface area contributed by atoms with Crippen LogP contribution >= 0.6 is 0 Å². The fraction of sp³-hybridized carbons (Fsp3) is 0.385. The van der Waals surface area contributed by atoms with E-state index in [4.69, 9.17) is 4.74 Å². The molecule has 1 aromatic rings. The van der Waals surface area contributed by atoms with E-state index in [1.165, 1.54) is 7.11 Å². The quantitative estimate of drug-likeness (QED) is 0.694. The average Bonchev–Trinajstić information content (AvgIpc) is 2.44. The number of benzene rings is 1. The topological polar surface area (TPSA) is 79.5 Å². The molecule has 0 aliphatic rings. The molecule has 3 N–H and O–H groups in total. The minimum absolute atomic E-state index is 0.0943. The summed E-state index contributed by atoms with van der Waals surface area (Å²) in [6.07, 6.45) is 0. The zero-order chi connectivity index (χ0) is 14.3. The summed E-state index contributed by atoms with van der Waals surface area (Å²) in [5, 5.41) is 8.04. The summed E-state index contributed by atoms with van der Waals surface area (Å²) in [5.74, 6) is 0.194. The SMILES string of the molecule is CNC(=O)CN[C@@H](C)C(=O)Nc1ccccc1OC. The van der Waals surface area contributed by atoms with Crippen molar-refractivity contribution >= 4 is 17.5 Å². The molecule has 0 saturated heterocycles. The molecule has 1 rings (SSSR count). The molecule has 0 aliphatic carbocycles. The number of methoxy groups -OCH3 is 1. The summed E-state index contributed by atoms with van der Waals surface area (Å²) >= 11 is 0. The first kappa shape index (κ1) is 15.0. The van der Waals surface area contributed by atoms with Gasteiger partial charge in [-0.25, -0.2) is 0 Å². The van der Waals surface area contributed by atoms with Crippen LogP contribution in [0.25, 0.3) is 0 Å². The number of hydrogen-bond acceptors (Lipinski definition) is 4. The van der Waals surface area contributed by atoms with Crippen molar-refractivity contribution in [3.8, 4) is 5.75 Å². The second-order valence-electron chi connectivity index (χ2n) is 3.97. The van der Waals surface area contributed by atoms with Gasteiger partial charge in [0, 0.05) is 7.05 Å². The summed E-state index contributed by atoms with van der Waals surface area (Å²) in [7, 11) is 3.09. The molecule has 0 radical (unpaired) electrons. The van der Waals surface area contributed by atoms with Crippen molar-refractivity contribution in [1.29, 1.82) is 0 Å². The Balaban J connectivity index is 2.56. The fourth-order valence-corrected chi connectivity index (χ4v) is 1.42. The smallest absolute Gasteiger partial charge is 0.241 e. The van der Waals surface area contributed by atoms with Gasteiger partial charge < -0.3 is 15.4 Å². The normalized spacial score (nSPS) is 11.5. The Bertz CT molecular complexity index is 449. The zero-order valence-corrected chi connectivity index (χ0v) is 11.3. The molecule has 104 valence electrons. The summed E-state index contributed by atoms with van der Waals surface area (Å²) < 4.78 is 5.14. The van der Waals surface area contributed by atoms with Crippen LogP contribution in [0.3, 0.4) is 0 Å². The molecule has 0 bridgehead atoms. The van der Waals surface area contributed by atoms with Crippen LogP contribution in [0.1, 0.15) is 6.92 Å². The molecule has 6 nitrogen and oxygen atoms in total. The van der Waals surface area contributed by atoms with Crippen LogP contribution in [0.4, 0.5) is 5.69 Å². The van der Waals surface area contributed by atoms with Gasteiger partial charge in [-0.2, -0.15) is 0 Å². The second-order valence-corrected chi connectivity index (χ2v) is 3.97. The van der Waals surface area contributed by atoms with E-state index in [1.54, 1.807) is 32.2 Å². The highest BCUT2D eigenvalue weighted by molar-refractivity contribution is 5.96. The van der Waals surface area contributed by atoms with Crippen LogP contribution < -0.4 is 20.7 Å². The van der Waals surface area contributed by atoms with Gasteiger partial charge in [-0.15, -0.1) is 0 Å². The first-order chi connectivity index (χ1) is 9.08. The summed E-state index contributed by atoms with van der Waals surface area (Å²) in [5.41, 5.74) is 0.601. The summed E-state index contributed by atoms with van der Waals surface area (Å²) in [6, 6.07) is 6.66. The number of hydrogen-bond donors (Lipinski definition) is 3. The highest BCUT2D eigenvalue weighted by atomic mass is 16.5.